The molecule has 3 heterocycles. The lowest BCUT2D eigenvalue weighted by atomic mass is 10.2. The molecule has 2 aromatic rings. The molecule has 0 aromatic carbocycles. The Labute approximate surface area is 106 Å². The highest BCUT2D eigenvalue weighted by Gasteiger charge is 2.21. The molecule has 2 aromatic heterocycles. The molecular weight excluding hydrogens is 228 g/mol. The molecule has 1 aliphatic rings. The molecule has 96 valence electrons. The van der Waals surface area contributed by atoms with Crippen molar-refractivity contribution in [2.24, 2.45) is 7.05 Å². The van der Waals surface area contributed by atoms with Gasteiger partial charge in [0, 0.05) is 32.3 Å². The quantitative estimate of drug-likeness (QED) is 0.776. The lowest BCUT2D eigenvalue weighted by molar-refractivity contribution is 0.0752. The van der Waals surface area contributed by atoms with Crippen LogP contribution in [-0.2, 0) is 7.05 Å². The Bertz CT molecular complexity index is 559. The fourth-order valence-electron chi connectivity index (χ4n) is 2.69. The predicted molar refractivity (Wildman–Crippen MR) is 69.6 cm³/mol. The highest BCUT2D eigenvalue weighted by atomic mass is 16.3. The van der Waals surface area contributed by atoms with E-state index in [4.69, 9.17) is 4.42 Å². The van der Waals surface area contributed by atoms with Gasteiger partial charge in [0.25, 0.3) is 5.91 Å². The summed E-state index contributed by atoms with van der Waals surface area (Å²) in [5, 5.41) is 0. The summed E-state index contributed by atoms with van der Waals surface area (Å²) in [5.41, 5.74) is 2.50. The zero-order valence-corrected chi connectivity index (χ0v) is 10.7. The molecule has 4 nitrogen and oxygen atoms in total. The molecule has 0 N–H and O–H groups in total. The van der Waals surface area contributed by atoms with E-state index in [9.17, 15) is 4.79 Å². The maximum absolute atomic E-state index is 12.5. The van der Waals surface area contributed by atoms with Gasteiger partial charge in [-0.05, 0) is 12.8 Å². The summed E-state index contributed by atoms with van der Waals surface area (Å²) in [7, 11) is 1.92. The number of nitrogens with zero attached hydrogens (tertiary/aromatic N) is 2. The zero-order valence-electron chi connectivity index (χ0n) is 10.7. The van der Waals surface area contributed by atoms with Crippen LogP contribution < -0.4 is 0 Å². The second kappa shape index (κ2) is 4.52. The molecule has 0 unspecified atom stereocenters. The van der Waals surface area contributed by atoms with Crippen LogP contribution in [0.15, 0.2) is 22.8 Å². The minimum absolute atomic E-state index is 0.130. The van der Waals surface area contributed by atoms with Gasteiger partial charge in [-0.3, -0.25) is 4.79 Å². The Hall–Kier alpha value is -1.71. The van der Waals surface area contributed by atoms with E-state index in [0.29, 0.717) is 0 Å². The third-order valence-corrected chi connectivity index (χ3v) is 3.78. The van der Waals surface area contributed by atoms with Crippen molar-refractivity contribution in [2.45, 2.75) is 25.7 Å². The van der Waals surface area contributed by atoms with Gasteiger partial charge in [-0.1, -0.05) is 12.8 Å². The van der Waals surface area contributed by atoms with Crippen LogP contribution in [0, 0.1) is 0 Å². The molecule has 0 spiro atoms. The van der Waals surface area contributed by atoms with Crippen molar-refractivity contribution >= 4 is 17.0 Å². The first kappa shape index (κ1) is 11.4. The Kier molecular flexibility index (Phi) is 2.86. The van der Waals surface area contributed by atoms with Crippen LogP contribution in [0.25, 0.3) is 11.1 Å². The molecule has 1 fully saturated rings. The van der Waals surface area contributed by atoms with E-state index < -0.39 is 0 Å². The third kappa shape index (κ3) is 1.82. The maximum atomic E-state index is 12.5. The van der Waals surface area contributed by atoms with Crippen molar-refractivity contribution < 1.29 is 9.21 Å². The minimum Gasteiger partial charge on any atom is -0.463 e. The zero-order chi connectivity index (χ0) is 12.5. The second-order valence-corrected chi connectivity index (χ2v) is 4.97. The van der Waals surface area contributed by atoms with Gasteiger partial charge in [0.05, 0.1) is 11.8 Å². The highest BCUT2D eigenvalue weighted by molar-refractivity contribution is 5.97. The van der Waals surface area contributed by atoms with Crippen molar-refractivity contribution in [3.05, 3.63) is 24.1 Å². The van der Waals surface area contributed by atoms with Gasteiger partial charge in [0.15, 0.2) is 5.58 Å². The molecule has 4 heteroatoms. The predicted octanol–water partition coefficient (Wildman–Crippen LogP) is 2.79. The molecule has 0 saturated carbocycles. The molecule has 0 atom stereocenters. The van der Waals surface area contributed by atoms with Crippen LogP contribution >= 0.6 is 0 Å². The summed E-state index contributed by atoms with van der Waals surface area (Å²) in [6.45, 7) is 1.76. The second-order valence-electron chi connectivity index (χ2n) is 4.97. The van der Waals surface area contributed by atoms with Crippen LogP contribution in [0.1, 0.15) is 36.2 Å². The number of hydrogen-bond donors (Lipinski definition) is 0. The van der Waals surface area contributed by atoms with Crippen molar-refractivity contribution in [1.82, 2.24) is 9.47 Å². The van der Waals surface area contributed by atoms with Gasteiger partial charge < -0.3 is 13.9 Å². The summed E-state index contributed by atoms with van der Waals surface area (Å²) in [5.74, 6) is 0.130. The summed E-state index contributed by atoms with van der Waals surface area (Å²) < 4.78 is 7.27. The van der Waals surface area contributed by atoms with E-state index >= 15 is 0 Å². The van der Waals surface area contributed by atoms with Crippen molar-refractivity contribution in [3.63, 3.8) is 0 Å². The first-order valence-corrected chi connectivity index (χ1v) is 6.59. The molecule has 0 aliphatic carbocycles. The van der Waals surface area contributed by atoms with Crippen LogP contribution in [0.3, 0.4) is 0 Å². The summed E-state index contributed by atoms with van der Waals surface area (Å²) in [6, 6.07) is 3.75. The number of rotatable bonds is 1. The van der Waals surface area contributed by atoms with E-state index in [0.717, 1.165) is 42.7 Å². The Morgan fingerprint density at radius 3 is 2.61 bits per heavy atom. The highest BCUT2D eigenvalue weighted by Crippen LogP contribution is 2.21. The molecular formula is C14H18N2O2. The van der Waals surface area contributed by atoms with Crippen LogP contribution in [-0.4, -0.2) is 28.5 Å². The number of hydrogen-bond acceptors (Lipinski definition) is 2. The molecule has 0 radical (unpaired) electrons. The van der Waals surface area contributed by atoms with Gasteiger partial charge in [0.1, 0.15) is 5.69 Å². The Morgan fingerprint density at radius 1 is 1.22 bits per heavy atom. The Balaban J connectivity index is 1.90. The Morgan fingerprint density at radius 2 is 1.94 bits per heavy atom. The average molecular weight is 246 g/mol. The van der Waals surface area contributed by atoms with Crippen molar-refractivity contribution in [3.8, 4) is 0 Å². The lowest BCUT2D eigenvalue weighted by Gasteiger charge is -2.20. The van der Waals surface area contributed by atoms with Crippen LogP contribution in [0.5, 0.6) is 0 Å². The van der Waals surface area contributed by atoms with E-state index in [2.05, 4.69) is 0 Å². The number of aryl methyl sites for hydroxylation is 1. The topological polar surface area (TPSA) is 38.4 Å². The van der Waals surface area contributed by atoms with Crippen LogP contribution in [0.2, 0.25) is 0 Å². The van der Waals surface area contributed by atoms with Gasteiger partial charge >= 0.3 is 0 Å². The lowest BCUT2D eigenvalue weighted by Crippen LogP contribution is -2.33. The number of carbonyl (C=O) groups is 1. The smallest absolute Gasteiger partial charge is 0.270 e. The normalized spacial score (nSPS) is 17.1. The largest absolute Gasteiger partial charge is 0.463 e. The number of furan rings is 1. The molecule has 1 amide bonds. The fraction of sp³-hybridized carbons (Fsp3) is 0.500. The van der Waals surface area contributed by atoms with Gasteiger partial charge in [-0.2, -0.15) is 0 Å². The van der Waals surface area contributed by atoms with E-state index in [-0.39, 0.29) is 5.91 Å². The summed E-state index contributed by atoms with van der Waals surface area (Å²) in [4.78, 5) is 14.5. The van der Waals surface area contributed by atoms with Gasteiger partial charge in [0.2, 0.25) is 0 Å². The molecule has 1 aliphatic heterocycles. The fourth-order valence-corrected chi connectivity index (χ4v) is 2.69. The van der Waals surface area contributed by atoms with E-state index in [1.165, 1.54) is 12.8 Å². The van der Waals surface area contributed by atoms with Crippen LogP contribution in [0.4, 0.5) is 0 Å². The number of aromatic nitrogens is 1. The first-order valence-electron chi connectivity index (χ1n) is 6.59. The third-order valence-electron chi connectivity index (χ3n) is 3.78. The van der Waals surface area contributed by atoms with Gasteiger partial charge in [-0.15, -0.1) is 0 Å². The molecule has 0 bridgehead atoms. The standard InChI is InChI=1S/C14H18N2O2/c1-15-11-6-9-18-13(11)10-12(15)14(17)16-7-4-2-3-5-8-16/h6,9-10H,2-5,7-8H2,1H3. The summed E-state index contributed by atoms with van der Waals surface area (Å²) in [6.07, 6.45) is 6.36. The molecule has 1 saturated heterocycles. The number of amides is 1. The summed E-state index contributed by atoms with van der Waals surface area (Å²) >= 11 is 0. The molecule has 18 heavy (non-hydrogen) atoms. The number of likely N-dealkylation sites (tertiary alicyclic amines) is 1. The number of fused-ring (bicyclic) bond motifs is 1. The number of carbonyl (C=O) groups excluding carboxylic acids is 1. The minimum atomic E-state index is 0.130. The van der Waals surface area contributed by atoms with Gasteiger partial charge in [-0.25, -0.2) is 0 Å². The SMILES string of the molecule is Cn1c(C(=O)N2CCCCCC2)cc2occc21. The van der Waals surface area contributed by atoms with E-state index in [1.807, 2.05) is 28.6 Å². The van der Waals surface area contributed by atoms with Crippen molar-refractivity contribution in [2.75, 3.05) is 13.1 Å². The maximum Gasteiger partial charge on any atom is 0.270 e. The average Bonchev–Trinajstić information content (AvgIpc) is 2.82. The monoisotopic (exact) mass is 246 g/mol. The van der Waals surface area contributed by atoms with Crippen molar-refractivity contribution in [1.29, 1.82) is 0 Å². The first-order chi connectivity index (χ1) is 8.77. The molecule has 3 rings (SSSR count). The van der Waals surface area contributed by atoms with E-state index in [1.54, 1.807) is 6.26 Å².